The first-order chi connectivity index (χ1) is 7.71. The number of unbranched alkanes of at least 4 members (excludes halogenated alkanes) is 1. The smallest absolute Gasteiger partial charge is 0.336 e. The normalized spacial score (nSPS) is 24.8. The van der Waals surface area contributed by atoms with Crippen molar-refractivity contribution in [1.82, 2.24) is 0 Å². The minimum atomic E-state index is -0.960. The molecule has 1 rings (SSSR count). The van der Waals surface area contributed by atoms with E-state index in [2.05, 4.69) is 6.92 Å². The molecule has 0 aliphatic carbocycles. The van der Waals surface area contributed by atoms with Crippen LogP contribution in [0.25, 0.3) is 0 Å². The number of hydrogen-bond donors (Lipinski definition) is 1. The van der Waals surface area contributed by atoms with Gasteiger partial charge in [0.15, 0.2) is 5.60 Å². The molecule has 0 saturated carbocycles. The molecule has 5 heteroatoms. The van der Waals surface area contributed by atoms with Crippen molar-refractivity contribution in [3.8, 4) is 0 Å². The maximum Gasteiger partial charge on any atom is 0.336 e. The molecule has 16 heavy (non-hydrogen) atoms. The molecule has 0 radical (unpaired) electrons. The van der Waals surface area contributed by atoms with Gasteiger partial charge < -0.3 is 14.6 Å². The zero-order valence-corrected chi connectivity index (χ0v) is 10.6. The molecule has 0 aromatic carbocycles. The van der Waals surface area contributed by atoms with Crippen LogP contribution in [0.3, 0.4) is 0 Å². The molecule has 0 aromatic rings. The van der Waals surface area contributed by atoms with E-state index in [4.69, 9.17) is 14.6 Å². The van der Waals surface area contributed by atoms with Crippen molar-refractivity contribution in [1.29, 1.82) is 0 Å². The highest BCUT2D eigenvalue weighted by atomic mass is 32.2. The quantitative estimate of drug-likeness (QED) is 0.664. The van der Waals surface area contributed by atoms with Crippen LogP contribution in [0.4, 0.5) is 0 Å². The van der Waals surface area contributed by atoms with E-state index in [0.717, 1.165) is 25.2 Å². The summed E-state index contributed by atoms with van der Waals surface area (Å²) in [6, 6.07) is 0. The predicted molar refractivity (Wildman–Crippen MR) is 64.0 cm³/mol. The molecule has 1 atom stereocenters. The van der Waals surface area contributed by atoms with Gasteiger partial charge in [0.25, 0.3) is 0 Å². The molecule has 0 bridgehead atoms. The first-order valence-corrected chi connectivity index (χ1v) is 6.89. The van der Waals surface area contributed by atoms with Gasteiger partial charge in [-0.1, -0.05) is 13.3 Å². The SMILES string of the molecule is CCCCOCCOC1(C(=O)O)CCSC1. The number of carboxylic acid groups (broad SMARTS) is 1. The number of carboxylic acids is 1. The van der Waals surface area contributed by atoms with Crippen molar-refractivity contribution in [3.05, 3.63) is 0 Å². The van der Waals surface area contributed by atoms with Crippen LogP contribution in [0.1, 0.15) is 26.2 Å². The summed E-state index contributed by atoms with van der Waals surface area (Å²) in [5, 5.41) is 9.13. The van der Waals surface area contributed by atoms with Crippen molar-refractivity contribution in [2.45, 2.75) is 31.8 Å². The summed E-state index contributed by atoms with van der Waals surface area (Å²) in [7, 11) is 0. The first kappa shape index (κ1) is 13.8. The Morgan fingerprint density at radius 3 is 2.81 bits per heavy atom. The molecular weight excluding hydrogens is 228 g/mol. The Kier molecular flexibility index (Phi) is 6.16. The van der Waals surface area contributed by atoms with Crippen LogP contribution in [0.15, 0.2) is 0 Å². The minimum Gasteiger partial charge on any atom is -0.479 e. The third-order valence-electron chi connectivity index (χ3n) is 2.62. The van der Waals surface area contributed by atoms with Crippen LogP contribution in [0.5, 0.6) is 0 Å². The molecular formula is C11H20O4S. The standard InChI is InChI=1S/C11H20O4S/c1-2-3-5-14-6-7-15-11(10(12)13)4-8-16-9-11/h2-9H2,1H3,(H,12,13). The van der Waals surface area contributed by atoms with Crippen LogP contribution in [0.2, 0.25) is 0 Å². The number of ether oxygens (including phenoxy) is 2. The van der Waals surface area contributed by atoms with Gasteiger partial charge in [-0.3, -0.25) is 0 Å². The van der Waals surface area contributed by atoms with Crippen LogP contribution >= 0.6 is 11.8 Å². The van der Waals surface area contributed by atoms with E-state index < -0.39 is 11.6 Å². The lowest BCUT2D eigenvalue weighted by Crippen LogP contribution is -2.42. The summed E-state index contributed by atoms with van der Waals surface area (Å²) < 4.78 is 10.8. The van der Waals surface area contributed by atoms with Gasteiger partial charge in [-0.05, 0) is 18.6 Å². The molecule has 1 saturated heterocycles. The molecule has 1 aliphatic rings. The Bertz CT molecular complexity index is 214. The van der Waals surface area contributed by atoms with Gasteiger partial charge >= 0.3 is 5.97 Å². The molecule has 94 valence electrons. The van der Waals surface area contributed by atoms with Gasteiger partial charge in [0.1, 0.15) is 0 Å². The monoisotopic (exact) mass is 248 g/mol. The van der Waals surface area contributed by atoms with Crippen LogP contribution in [0, 0.1) is 0 Å². The molecule has 0 amide bonds. The van der Waals surface area contributed by atoms with Crippen molar-refractivity contribution in [3.63, 3.8) is 0 Å². The van der Waals surface area contributed by atoms with Crippen molar-refractivity contribution >= 4 is 17.7 Å². The van der Waals surface area contributed by atoms with E-state index in [9.17, 15) is 4.79 Å². The average molecular weight is 248 g/mol. The summed E-state index contributed by atoms with van der Waals surface area (Å²) in [4.78, 5) is 11.1. The summed E-state index contributed by atoms with van der Waals surface area (Å²) in [6.45, 7) is 3.69. The number of aliphatic carboxylic acids is 1. The average Bonchev–Trinajstić information content (AvgIpc) is 2.73. The lowest BCUT2D eigenvalue weighted by Gasteiger charge is -2.23. The maximum absolute atomic E-state index is 11.1. The highest BCUT2D eigenvalue weighted by Gasteiger charge is 2.42. The summed E-state index contributed by atoms with van der Waals surface area (Å²) in [5.74, 6) is 0.575. The number of hydrogen-bond acceptors (Lipinski definition) is 4. The Labute approximate surface area is 101 Å². The van der Waals surface area contributed by atoms with Crippen LogP contribution in [-0.4, -0.2) is 48.0 Å². The van der Waals surface area contributed by atoms with Gasteiger partial charge in [-0.2, -0.15) is 11.8 Å². The minimum absolute atomic E-state index is 0.372. The van der Waals surface area contributed by atoms with Gasteiger partial charge in [0.05, 0.1) is 13.2 Å². The molecule has 1 N–H and O–H groups in total. The second-order valence-corrected chi connectivity index (χ2v) is 5.02. The lowest BCUT2D eigenvalue weighted by atomic mass is 10.0. The second kappa shape index (κ2) is 7.14. The Balaban J connectivity index is 2.16. The largest absolute Gasteiger partial charge is 0.479 e. The van der Waals surface area contributed by atoms with Crippen LogP contribution < -0.4 is 0 Å². The Morgan fingerprint density at radius 1 is 1.44 bits per heavy atom. The summed E-state index contributed by atoms with van der Waals surface area (Å²) in [5.41, 5.74) is -0.960. The fourth-order valence-corrected chi connectivity index (χ4v) is 2.83. The molecule has 0 spiro atoms. The van der Waals surface area contributed by atoms with Gasteiger partial charge in [0, 0.05) is 12.4 Å². The Hall–Kier alpha value is -0.260. The fraction of sp³-hybridized carbons (Fsp3) is 0.909. The third kappa shape index (κ3) is 3.96. The zero-order chi connectivity index (χ0) is 11.9. The molecule has 1 aliphatic heterocycles. The highest BCUT2D eigenvalue weighted by molar-refractivity contribution is 7.99. The van der Waals surface area contributed by atoms with Crippen molar-refractivity contribution in [2.75, 3.05) is 31.3 Å². The van der Waals surface area contributed by atoms with E-state index in [0.29, 0.717) is 25.4 Å². The second-order valence-electron chi connectivity index (χ2n) is 3.92. The van der Waals surface area contributed by atoms with Crippen LogP contribution in [-0.2, 0) is 14.3 Å². The number of thioether (sulfide) groups is 1. The Morgan fingerprint density at radius 2 is 2.25 bits per heavy atom. The number of carbonyl (C=O) groups is 1. The molecule has 1 fully saturated rings. The topological polar surface area (TPSA) is 55.8 Å². The van der Waals surface area contributed by atoms with Gasteiger partial charge in [0.2, 0.25) is 0 Å². The van der Waals surface area contributed by atoms with E-state index in [-0.39, 0.29) is 0 Å². The first-order valence-electron chi connectivity index (χ1n) is 5.74. The van der Waals surface area contributed by atoms with Crippen molar-refractivity contribution < 1.29 is 19.4 Å². The maximum atomic E-state index is 11.1. The molecule has 1 unspecified atom stereocenters. The lowest BCUT2D eigenvalue weighted by molar-refractivity contribution is -0.164. The van der Waals surface area contributed by atoms with Crippen molar-refractivity contribution in [2.24, 2.45) is 0 Å². The molecule has 1 heterocycles. The fourth-order valence-electron chi connectivity index (χ4n) is 1.53. The van der Waals surface area contributed by atoms with E-state index in [1.807, 2.05) is 0 Å². The zero-order valence-electron chi connectivity index (χ0n) is 9.74. The van der Waals surface area contributed by atoms with E-state index in [1.54, 1.807) is 11.8 Å². The summed E-state index contributed by atoms with van der Waals surface area (Å²) >= 11 is 1.63. The van der Waals surface area contributed by atoms with E-state index in [1.165, 1.54) is 0 Å². The highest BCUT2D eigenvalue weighted by Crippen LogP contribution is 2.31. The number of rotatable bonds is 8. The predicted octanol–water partition coefficient (Wildman–Crippen LogP) is 1.78. The third-order valence-corrected chi connectivity index (χ3v) is 3.79. The van der Waals surface area contributed by atoms with E-state index >= 15 is 0 Å². The van der Waals surface area contributed by atoms with Gasteiger partial charge in [-0.15, -0.1) is 0 Å². The molecule has 0 aromatic heterocycles. The van der Waals surface area contributed by atoms with Gasteiger partial charge in [-0.25, -0.2) is 4.79 Å². The summed E-state index contributed by atoms with van der Waals surface area (Å²) in [6.07, 6.45) is 2.75. The molecule has 4 nitrogen and oxygen atoms in total.